The first kappa shape index (κ1) is 35.0. The van der Waals surface area contributed by atoms with Crippen LogP contribution in [-0.4, -0.2) is 75.9 Å². The van der Waals surface area contributed by atoms with E-state index >= 15 is 0 Å². The zero-order valence-electron chi connectivity index (χ0n) is 24.0. The van der Waals surface area contributed by atoms with Crippen LogP contribution in [0.5, 0.6) is 0 Å². The van der Waals surface area contributed by atoms with E-state index in [1.165, 1.54) is 17.7 Å². The summed E-state index contributed by atoms with van der Waals surface area (Å²) >= 11 is 2.07. The highest BCUT2D eigenvalue weighted by Crippen LogP contribution is 2.50. The maximum atomic E-state index is 13.4. The van der Waals surface area contributed by atoms with Gasteiger partial charge in [0.1, 0.15) is 12.2 Å². The molecule has 2 unspecified atom stereocenters. The van der Waals surface area contributed by atoms with Crippen LogP contribution in [0.25, 0.3) is 0 Å². The van der Waals surface area contributed by atoms with Gasteiger partial charge in [0.15, 0.2) is 34.5 Å². The normalized spacial score (nSPS) is 21.9. The van der Waals surface area contributed by atoms with Gasteiger partial charge in [0.05, 0.1) is 25.4 Å². The largest absolute Gasteiger partial charge is 0.474 e. The lowest BCUT2D eigenvalue weighted by molar-refractivity contribution is -0.765. The first-order valence-electron chi connectivity index (χ1n) is 12.9. The molecule has 0 aliphatic carbocycles. The smallest absolute Gasteiger partial charge is 0.387 e. The number of nitrogens with zero attached hydrogens (tertiary/aromatic N) is 1. The van der Waals surface area contributed by atoms with Gasteiger partial charge in [-0.15, -0.1) is 0 Å². The van der Waals surface area contributed by atoms with Crippen LogP contribution in [-0.2, 0) is 32.5 Å². The van der Waals surface area contributed by atoms with Crippen molar-refractivity contribution >= 4 is 47.4 Å². The van der Waals surface area contributed by atoms with Crippen molar-refractivity contribution in [3.63, 3.8) is 0 Å². The second-order valence-corrected chi connectivity index (χ2v) is 15.1. The Labute approximate surface area is 244 Å². The van der Waals surface area contributed by atoms with Gasteiger partial charge in [0, 0.05) is 28.4 Å². The fourth-order valence-electron chi connectivity index (χ4n) is 3.25. The second kappa shape index (κ2) is 14.8. The summed E-state index contributed by atoms with van der Waals surface area (Å²) in [5.74, 6) is 0.231. The lowest BCUT2D eigenvalue weighted by atomic mass is 9.99. The van der Waals surface area contributed by atoms with Crippen molar-refractivity contribution in [2.24, 2.45) is 10.8 Å². The summed E-state index contributed by atoms with van der Waals surface area (Å²) in [6, 6.07) is 3.23. The predicted molar refractivity (Wildman–Crippen MR) is 152 cm³/mol. The molecule has 0 saturated carbocycles. The molecule has 4 atom stereocenters. The molecule has 2 heterocycles. The molecule has 11 nitrogen and oxygen atoms in total. The van der Waals surface area contributed by atoms with Crippen LogP contribution in [0, 0.1) is 10.8 Å². The minimum absolute atomic E-state index is 0.0567. The number of phosphoric acid groups is 1. The van der Waals surface area contributed by atoms with Crippen LogP contribution in [0.2, 0.25) is 0 Å². The van der Waals surface area contributed by atoms with Crippen molar-refractivity contribution < 1.29 is 52.0 Å². The van der Waals surface area contributed by atoms with E-state index in [1.807, 2.05) is 0 Å². The third-order valence-corrected chi connectivity index (χ3v) is 9.57. The van der Waals surface area contributed by atoms with Gasteiger partial charge in [-0.25, -0.2) is 4.57 Å². The highest BCUT2D eigenvalue weighted by Gasteiger charge is 2.49. The Bertz CT molecular complexity index is 1050. The van der Waals surface area contributed by atoms with Crippen LogP contribution < -0.4 is 4.57 Å². The monoisotopic (exact) mass is 622 g/mol. The summed E-state index contributed by atoms with van der Waals surface area (Å²) in [5.41, 5.74) is -0.703. The maximum Gasteiger partial charge on any atom is 0.474 e. The van der Waals surface area contributed by atoms with Crippen molar-refractivity contribution in [1.29, 1.82) is 0 Å². The molecule has 1 fully saturated rings. The maximum absolute atomic E-state index is 13.4. The molecule has 0 aromatic carbocycles. The molecule has 1 aromatic heterocycles. The van der Waals surface area contributed by atoms with E-state index in [1.54, 1.807) is 59.9 Å². The van der Waals surface area contributed by atoms with Crippen LogP contribution in [0.15, 0.2) is 24.5 Å². The van der Waals surface area contributed by atoms with Crippen molar-refractivity contribution in [2.45, 2.75) is 73.0 Å². The average Bonchev–Trinajstić information content (AvgIpc) is 3.15. The van der Waals surface area contributed by atoms with E-state index in [9.17, 15) is 29.2 Å². The number of pyridine rings is 1. The van der Waals surface area contributed by atoms with Crippen LogP contribution >= 0.6 is 31.3 Å². The molecular weight excluding hydrogens is 581 g/mol. The molecule has 1 aromatic rings. The summed E-state index contributed by atoms with van der Waals surface area (Å²) < 4.78 is 37.0. The number of carbonyl (C=O) groups is 3. The summed E-state index contributed by atoms with van der Waals surface area (Å²) in [4.78, 5) is 36.1. The van der Waals surface area contributed by atoms with E-state index in [-0.39, 0.29) is 40.7 Å². The average molecular weight is 623 g/mol. The van der Waals surface area contributed by atoms with E-state index < -0.39 is 49.8 Å². The molecule has 0 radical (unpaired) electrons. The van der Waals surface area contributed by atoms with E-state index in [2.05, 4.69) is 0 Å². The zero-order valence-corrected chi connectivity index (χ0v) is 26.6. The number of phosphoric ester groups is 1. The molecule has 2 N–H and O–H groups in total. The summed E-state index contributed by atoms with van der Waals surface area (Å²) in [5, 5.41) is 21.1. The number of ether oxygens (including phenoxy) is 1. The van der Waals surface area contributed by atoms with Gasteiger partial charge in [-0.05, 0) is 13.0 Å². The number of carbonyl (C=O) groups excluding carboxylic acids is 3. The van der Waals surface area contributed by atoms with Crippen molar-refractivity contribution in [2.75, 3.05) is 31.3 Å². The number of rotatable bonds is 13. The number of ketones is 1. The Balaban J connectivity index is 2.04. The second-order valence-electron chi connectivity index (χ2n) is 11.3. The Hall–Kier alpha value is -1.15. The lowest BCUT2D eigenvalue weighted by Crippen LogP contribution is -2.46. The lowest BCUT2D eigenvalue weighted by Gasteiger charge is -2.21. The summed E-state index contributed by atoms with van der Waals surface area (Å²) in [6.45, 7) is 11.5. The van der Waals surface area contributed by atoms with Gasteiger partial charge >= 0.3 is 7.82 Å². The third-order valence-electron chi connectivity index (χ3n) is 5.61. The molecule has 0 amide bonds. The number of hydrogen-bond acceptors (Lipinski definition) is 12. The van der Waals surface area contributed by atoms with E-state index in [0.29, 0.717) is 5.56 Å². The first-order chi connectivity index (χ1) is 18.4. The molecule has 40 heavy (non-hydrogen) atoms. The van der Waals surface area contributed by atoms with Gasteiger partial charge < -0.3 is 14.9 Å². The number of thioether (sulfide) groups is 2. The minimum atomic E-state index is -4.21. The molecule has 1 aliphatic heterocycles. The SMILES string of the molecule is CC(=O)c1ccc[n+]([C@@H]2O[C@H](COP(=O)(OCCSC(=O)C(C)(C)C)OCCSC(=O)C(C)(C)C)C(O)C2O)c1. The summed E-state index contributed by atoms with van der Waals surface area (Å²) in [7, 11) is -4.21. The van der Waals surface area contributed by atoms with Crippen LogP contribution in [0.1, 0.15) is 65.1 Å². The molecule has 0 bridgehead atoms. The standard InChI is InChI=1S/C26H41NO10PS2/c1-17(28)18-9-8-10-27(15-18)22-21(30)20(29)19(37-22)16-36-38(33,34-11-13-39-23(31)25(2,3)4)35-12-14-40-24(32)26(5,6)7/h8-10,15,19-22,29-30H,11-14,16H2,1-7H3/q+1/t19-,20?,21?,22-/m1/s1. The highest BCUT2D eigenvalue weighted by molar-refractivity contribution is 8.14. The topological polar surface area (TPSA) is 150 Å². The predicted octanol–water partition coefficient (Wildman–Crippen LogP) is 3.57. The third kappa shape index (κ3) is 10.6. The Morgan fingerprint density at radius 2 is 1.48 bits per heavy atom. The van der Waals surface area contributed by atoms with Gasteiger partial charge in [0.25, 0.3) is 6.23 Å². The van der Waals surface area contributed by atoms with Crippen molar-refractivity contribution in [3.8, 4) is 0 Å². The van der Waals surface area contributed by atoms with E-state index in [0.717, 1.165) is 23.5 Å². The van der Waals surface area contributed by atoms with Crippen LogP contribution in [0.4, 0.5) is 0 Å². The Morgan fingerprint density at radius 1 is 0.950 bits per heavy atom. The van der Waals surface area contributed by atoms with Gasteiger partial charge in [-0.3, -0.25) is 28.0 Å². The zero-order chi connectivity index (χ0) is 30.3. The fourth-order valence-corrected chi connectivity index (χ4v) is 6.25. The first-order valence-corrected chi connectivity index (χ1v) is 16.3. The molecule has 1 saturated heterocycles. The number of aliphatic hydroxyl groups is 2. The molecule has 14 heteroatoms. The Morgan fingerprint density at radius 3 is 1.95 bits per heavy atom. The molecular formula is C26H41NO10PS2+. The van der Waals surface area contributed by atoms with Gasteiger partial charge in [0.2, 0.25) is 0 Å². The van der Waals surface area contributed by atoms with Crippen molar-refractivity contribution in [3.05, 3.63) is 30.1 Å². The number of aliphatic hydroxyl groups excluding tert-OH is 2. The number of Topliss-reactive ketones (excluding diaryl/α,β-unsaturated/α-hetero) is 1. The molecule has 226 valence electrons. The van der Waals surface area contributed by atoms with Crippen molar-refractivity contribution in [1.82, 2.24) is 0 Å². The minimum Gasteiger partial charge on any atom is -0.387 e. The quantitative estimate of drug-likeness (QED) is 0.143. The molecule has 0 spiro atoms. The van der Waals surface area contributed by atoms with Crippen LogP contribution in [0.3, 0.4) is 0 Å². The number of aromatic nitrogens is 1. The summed E-state index contributed by atoms with van der Waals surface area (Å²) in [6.07, 6.45) is -1.79. The van der Waals surface area contributed by atoms with E-state index in [4.69, 9.17) is 18.3 Å². The Kier molecular flexibility index (Phi) is 13.0. The van der Waals surface area contributed by atoms with Gasteiger partial charge in [-0.1, -0.05) is 65.1 Å². The highest BCUT2D eigenvalue weighted by atomic mass is 32.2. The fraction of sp³-hybridized carbons (Fsp3) is 0.692. The number of hydrogen-bond donors (Lipinski definition) is 2. The molecule has 1 aliphatic rings. The molecule has 2 rings (SSSR count). The van der Waals surface area contributed by atoms with Gasteiger partial charge in [-0.2, -0.15) is 4.57 Å².